The number of nitrogens with zero attached hydrogens (tertiary/aromatic N) is 2. The first-order chi connectivity index (χ1) is 14.2. The maximum atomic E-state index is 13.1. The summed E-state index contributed by atoms with van der Waals surface area (Å²) < 4.78 is 37.6. The number of benzene rings is 2. The maximum Gasteiger partial charge on any atom is 0.337 e. The normalized spacial score (nSPS) is 13.2. The monoisotopic (exact) mass is 430 g/mol. The van der Waals surface area contributed by atoms with Crippen LogP contribution in [0.2, 0.25) is 0 Å². The van der Waals surface area contributed by atoms with Gasteiger partial charge in [-0.2, -0.15) is 0 Å². The van der Waals surface area contributed by atoms with Crippen molar-refractivity contribution in [2.75, 3.05) is 27.8 Å². The maximum absolute atomic E-state index is 13.1. The predicted octanol–water partition coefficient (Wildman–Crippen LogP) is 3.44. The second kappa shape index (κ2) is 8.57. The van der Waals surface area contributed by atoms with E-state index in [0.29, 0.717) is 46.7 Å². The first-order valence-electron chi connectivity index (χ1n) is 9.56. The summed E-state index contributed by atoms with van der Waals surface area (Å²) in [5.41, 5.74) is 4.43. The van der Waals surface area contributed by atoms with E-state index in [1.54, 1.807) is 58.3 Å². The van der Waals surface area contributed by atoms with Gasteiger partial charge < -0.3 is 9.47 Å². The Hall–Kier alpha value is -2.71. The number of fused-ring (bicyclic) bond motifs is 1. The molecule has 30 heavy (non-hydrogen) atoms. The van der Waals surface area contributed by atoms with Crippen LogP contribution in [0.1, 0.15) is 33.5 Å². The number of carbonyl (C=O) groups is 1. The van der Waals surface area contributed by atoms with Crippen LogP contribution in [0.4, 0.5) is 5.69 Å². The Morgan fingerprint density at radius 2 is 1.80 bits per heavy atom. The molecule has 0 fully saturated rings. The number of esters is 1. The Morgan fingerprint density at radius 1 is 1.13 bits per heavy atom. The average Bonchev–Trinajstić information content (AvgIpc) is 3.12. The Balaban J connectivity index is 1.71. The molecule has 0 unspecified atom stereocenters. The lowest BCUT2D eigenvalue weighted by Gasteiger charge is -2.20. The zero-order chi connectivity index (χ0) is 22.1. The third kappa shape index (κ3) is 4.24. The summed E-state index contributed by atoms with van der Waals surface area (Å²) in [4.78, 5) is 16.6. The Kier molecular flexibility index (Phi) is 6.28. The van der Waals surface area contributed by atoms with Crippen LogP contribution in [-0.2, 0) is 21.2 Å². The van der Waals surface area contributed by atoms with Gasteiger partial charge in [-0.1, -0.05) is 0 Å². The molecule has 1 aliphatic heterocycles. The van der Waals surface area contributed by atoms with E-state index in [2.05, 4.69) is 4.99 Å². The van der Waals surface area contributed by atoms with E-state index in [1.165, 1.54) is 11.4 Å². The molecule has 0 saturated carbocycles. The van der Waals surface area contributed by atoms with Gasteiger partial charge in [0.05, 0.1) is 30.4 Å². The van der Waals surface area contributed by atoms with Crippen molar-refractivity contribution in [1.82, 2.24) is 4.31 Å². The molecule has 0 amide bonds. The van der Waals surface area contributed by atoms with Gasteiger partial charge in [0.25, 0.3) is 0 Å². The molecule has 0 spiro atoms. The topological polar surface area (TPSA) is 85.3 Å². The molecule has 3 rings (SSSR count). The van der Waals surface area contributed by atoms with E-state index in [1.807, 2.05) is 0 Å². The second-order valence-corrected chi connectivity index (χ2v) is 9.34. The van der Waals surface area contributed by atoms with E-state index < -0.39 is 10.0 Å². The molecule has 160 valence electrons. The van der Waals surface area contributed by atoms with Crippen LogP contribution < -0.4 is 4.74 Å². The van der Waals surface area contributed by atoms with Crippen LogP contribution in [0.15, 0.2) is 40.2 Å². The van der Waals surface area contributed by atoms with E-state index in [0.717, 1.165) is 17.0 Å². The molecule has 2 aromatic rings. The summed E-state index contributed by atoms with van der Waals surface area (Å²) in [6.07, 6.45) is 1.10. The highest BCUT2D eigenvalue weighted by atomic mass is 32.2. The molecule has 2 aromatic carbocycles. The van der Waals surface area contributed by atoms with Gasteiger partial charge in [0.1, 0.15) is 5.75 Å². The Bertz CT molecular complexity index is 1100. The third-order valence-electron chi connectivity index (χ3n) is 5.23. The lowest BCUT2D eigenvalue weighted by atomic mass is 10.1. The molecular weight excluding hydrogens is 404 g/mol. The van der Waals surface area contributed by atoms with Gasteiger partial charge in [0.15, 0.2) is 0 Å². The minimum Gasteiger partial charge on any atom is -0.497 e. The lowest BCUT2D eigenvalue weighted by Crippen LogP contribution is -2.30. The summed E-state index contributed by atoms with van der Waals surface area (Å²) in [6.45, 7) is 3.85. The van der Waals surface area contributed by atoms with Crippen molar-refractivity contribution in [1.29, 1.82) is 0 Å². The molecule has 7 nitrogen and oxygen atoms in total. The number of hydrogen-bond donors (Lipinski definition) is 0. The SMILES string of the molecule is COC(=O)c1ccc2c(c1)CC(CCN(C)S(=O)(=O)c1c(C)cc(OC)cc1C)=N2. The Labute approximate surface area is 177 Å². The Morgan fingerprint density at radius 3 is 2.40 bits per heavy atom. The zero-order valence-electron chi connectivity index (χ0n) is 17.9. The molecule has 0 bridgehead atoms. The first-order valence-corrected chi connectivity index (χ1v) is 11.0. The molecule has 0 aliphatic carbocycles. The number of aliphatic imine (C=N–C) groups is 1. The fourth-order valence-corrected chi connectivity index (χ4v) is 5.23. The van der Waals surface area contributed by atoms with Gasteiger partial charge in [-0.05, 0) is 67.3 Å². The third-order valence-corrected chi connectivity index (χ3v) is 7.39. The first kappa shape index (κ1) is 22.0. The second-order valence-electron chi connectivity index (χ2n) is 7.36. The summed E-state index contributed by atoms with van der Waals surface area (Å²) in [5.74, 6) is 0.248. The van der Waals surface area contributed by atoms with E-state index in [-0.39, 0.29) is 5.97 Å². The standard InChI is InChI=1S/C22H26N2O5S/c1-14-10-19(28-4)11-15(2)21(14)30(26,27)24(3)9-8-18-13-17-12-16(22(25)29-5)6-7-20(17)23-18/h6-7,10-12H,8-9,13H2,1-5H3. The lowest BCUT2D eigenvalue weighted by molar-refractivity contribution is 0.0600. The van der Waals surface area contributed by atoms with E-state index >= 15 is 0 Å². The summed E-state index contributed by atoms with van der Waals surface area (Å²) in [7, 11) is 0.841. The van der Waals surface area contributed by atoms with Gasteiger partial charge in [-0.15, -0.1) is 0 Å². The van der Waals surface area contributed by atoms with Crippen molar-refractivity contribution in [2.45, 2.75) is 31.6 Å². The van der Waals surface area contributed by atoms with Crippen molar-refractivity contribution < 1.29 is 22.7 Å². The molecule has 1 heterocycles. The van der Waals surface area contributed by atoms with Gasteiger partial charge in [0.2, 0.25) is 10.0 Å². The highest BCUT2D eigenvalue weighted by Gasteiger charge is 2.26. The van der Waals surface area contributed by atoms with Crippen molar-refractivity contribution in [2.24, 2.45) is 4.99 Å². The number of methoxy groups -OCH3 is 2. The predicted molar refractivity (Wildman–Crippen MR) is 115 cm³/mol. The molecule has 0 saturated heterocycles. The molecule has 0 radical (unpaired) electrons. The van der Waals surface area contributed by atoms with Crippen LogP contribution >= 0.6 is 0 Å². The molecule has 8 heteroatoms. The van der Waals surface area contributed by atoms with E-state index in [9.17, 15) is 13.2 Å². The number of carbonyl (C=O) groups excluding carboxylic acids is 1. The quantitative estimate of drug-likeness (QED) is 0.628. The molecule has 0 N–H and O–H groups in total. The number of rotatable bonds is 7. The van der Waals surface area contributed by atoms with E-state index in [4.69, 9.17) is 9.47 Å². The van der Waals surface area contributed by atoms with Crippen LogP contribution in [0.3, 0.4) is 0 Å². The summed E-state index contributed by atoms with van der Waals surface area (Å²) in [6, 6.07) is 8.71. The molecular formula is C22H26N2O5S. The molecule has 1 aliphatic rings. The highest BCUT2D eigenvalue weighted by molar-refractivity contribution is 7.89. The van der Waals surface area contributed by atoms with Crippen molar-refractivity contribution >= 4 is 27.4 Å². The molecule has 0 atom stereocenters. The fourth-order valence-electron chi connectivity index (χ4n) is 3.65. The minimum atomic E-state index is -3.64. The van der Waals surface area contributed by atoms with Crippen LogP contribution in [-0.4, -0.2) is 52.2 Å². The highest BCUT2D eigenvalue weighted by Crippen LogP contribution is 2.30. The number of hydrogen-bond acceptors (Lipinski definition) is 6. The van der Waals surface area contributed by atoms with Crippen molar-refractivity contribution in [3.8, 4) is 5.75 Å². The number of ether oxygens (including phenoxy) is 2. The van der Waals surface area contributed by atoms with Gasteiger partial charge in [0, 0.05) is 25.7 Å². The van der Waals surface area contributed by atoms with Crippen molar-refractivity contribution in [3.63, 3.8) is 0 Å². The van der Waals surface area contributed by atoms with Gasteiger partial charge in [-0.3, -0.25) is 4.99 Å². The summed E-state index contributed by atoms with van der Waals surface area (Å²) in [5, 5.41) is 0. The minimum absolute atomic E-state index is 0.309. The molecule has 0 aromatic heterocycles. The zero-order valence-corrected chi connectivity index (χ0v) is 18.7. The number of sulfonamides is 1. The van der Waals surface area contributed by atoms with Crippen LogP contribution in [0.5, 0.6) is 5.75 Å². The van der Waals surface area contributed by atoms with Crippen LogP contribution in [0, 0.1) is 13.8 Å². The smallest absolute Gasteiger partial charge is 0.337 e. The fraction of sp³-hybridized carbons (Fsp3) is 0.364. The van der Waals surface area contributed by atoms with Gasteiger partial charge >= 0.3 is 5.97 Å². The van der Waals surface area contributed by atoms with Gasteiger partial charge in [-0.25, -0.2) is 17.5 Å². The number of aryl methyl sites for hydroxylation is 2. The average molecular weight is 431 g/mol. The van der Waals surface area contributed by atoms with Crippen LogP contribution in [0.25, 0.3) is 0 Å². The largest absolute Gasteiger partial charge is 0.497 e. The summed E-state index contributed by atoms with van der Waals surface area (Å²) >= 11 is 0. The van der Waals surface area contributed by atoms with Crippen molar-refractivity contribution in [3.05, 3.63) is 52.6 Å².